The Hall–Kier alpha value is -1.42. The van der Waals surface area contributed by atoms with Crippen LogP contribution in [0.2, 0.25) is 5.02 Å². The van der Waals surface area contributed by atoms with Crippen molar-refractivity contribution in [2.24, 2.45) is 10.9 Å². The largest absolute Gasteiger partial charge is 0.506 e. The Bertz CT molecular complexity index is 339. The number of methoxy groups -OCH3 is 1. The van der Waals surface area contributed by atoms with Crippen LogP contribution in [0.4, 0.5) is 0 Å². The average Bonchev–Trinajstić information content (AvgIpc) is 2.14. The van der Waals surface area contributed by atoms with Gasteiger partial charge < -0.3 is 15.7 Å². The maximum atomic E-state index is 9.48. The average molecular weight is 201 g/mol. The van der Waals surface area contributed by atoms with Crippen LogP contribution in [-0.2, 0) is 0 Å². The minimum absolute atomic E-state index is 0.0878. The topological polar surface area (TPSA) is 67.8 Å². The van der Waals surface area contributed by atoms with Gasteiger partial charge in [0.2, 0.25) is 0 Å². The number of hydrogen-bond donors (Lipinski definition) is 2. The van der Waals surface area contributed by atoms with Crippen LogP contribution in [0.1, 0.15) is 5.56 Å². The Morgan fingerprint density at radius 1 is 1.62 bits per heavy atom. The highest BCUT2D eigenvalue weighted by Gasteiger charge is 2.09. The van der Waals surface area contributed by atoms with Crippen LogP contribution in [0.15, 0.2) is 17.2 Å². The zero-order valence-electron chi connectivity index (χ0n) is 6.99. The molecular weight excluding hydrogens is 192 g/mol. The molecule has 5 heteroatoms. The lowest BCUT2D eigenvalue weighted by Crippen LogP contribution is -1.90. The van der Waals surface area contributed by atoms with E-state index in [9.17, 15) is 5.11 Å². The molecule has 0 fully saturated rings. The van der Waals surface area contributed by atoms with E-state index in [1.165, 1.54) is 13.3 Å². The predicted molar refractivity (Wildman–Crippen MR) is 51.5 cm³/mol. The quantitative estimate of drug-likeness (QED) is 0.430. The number of phenolic OH excluding ortho intramolecular Hbond substituents is 1. The minimum Gasteiger partial charge on any atom is -0.506 e. The zero-order valence-corrected chi connectivity index (χ0v) is 7.75. The smallest absolute Gasteiger partial charge is 0.146 e. The first-order valence-electron chi connectivity index (χ1n) is 3.49. The maximum absolute atomic E-state index is 9.48. The van der Waals surface area contributed by atoms with Crippen molar-refractivity contribution in [2.75, 3.05) is 7.11 Å². The van der Waals surface area contributed by atoms with Gasteiger partial charge in [-0.1, -0.05) is 11.6 Å². The molecule has 0 aliphatic rings. The monoisotopic (exact) mass is 200 g/mol. The van der Waals surface area contributed by atoms with Crippen molar-refractivity contribution < 1.29 is 9.84 Å². The maximum Gasteiger partial charge on any atom is 0.146 e. The molecule has 70 valence electrons. The van der Waals surface area contributed by atoms with E-state index in [0.717, 1.165) is 0 Å². The molecule has 1 aromatic rings. The fourth-order valence-corrected chi connectivity index (χ4v) is 1.15. The summed E-state index contributed by atoms with van der Waals surface area (Å²) in [4.78, 5) is 0. The summed E-state index contributed by atoms with van der Waals surface area (Å²) < 4.78 is 4.89. The first-order chi connectivity index (χ1) is 6.20. The second-order valence-electron chi connectivity index (χ2n) is 2.30. The van der Waals surface area contributed by atoms with Crippen molar-refractivity contribution in [1.29, 1.82) is 0 Å². The van der Waals surface area contributed by atoms with Gasteiger partial charge in [0.05, 0.1) is 13.3 Å². The lowest BCUT2D eigenvalue weighted by molar-refractivity contribution is 0.408. The molecule has 0 spiro atoms. The summed E-state index contributed by atoms with van der Waals surface area (Å²) >= 11 is 5.76. The summed E-state index contributed by atoms with van der Waals surface area (Å²) in [5.74, 6) is 5.26. The highest BCUT2D eigenvalue weighted by molar-refractivity contribution is 6.34. The number of rotatable bonds is 2. The summed E-state index contributed by atoms with van der Waals surface area (Å²) in [7, 11) is 1.47. The molecule has 0 heterocycles. The van der Waals surface area contributed by atoms with Crippen LogP contribution in [0.5, 0.6) is 11.5 Å². The number of nitrogens with two attached hydrogens (primary N) is 1. The number of aromatic hydroxyl groups is 1. The third-order valence-corrected chi connectivity index (χ3v) is 1.91. The highest BCUT2D eigenvalue weighted by atomic mass is 35.5. The van der Waals surface area contributed by atoms with Gasteiger partial charge in [0.1, 0.15) is 16.5 Å². The molecule has 3 N–H and O–H groups in total. The molecular formula is C8H9ClN2O2. The Balaban J connectivity index is 3.22. The van der Waals surface area contributed by atoms with E-state index in [-0.39, 0.29) is 10.8 Å². The zero-order chi connectivity index (χ0) is 9.84. The second kappa shape index (κ2) is 4.00. The SMILES string of the molecule is COc1ccc(C=NN)c(O)c1Cl. The molecule has 0 bridgehead atoms. The molecule has 0 aliphatic carbocycles. The molecule has 0 radical (unpaired) electrons. The van der Waals surface area contributed by atoms with E-state index < -0.39 is 0 Å². The Morgan fingerprint density at radius 3 is 2.85 bits per heavy atom. The van der Waals surface area contributed by atoms with Gasteiger partial charge in [0.25, 0.3) is 0 Å². The van der Waals surface area contributed by atoms with Crippen molar-refractivity contribution >= 4 is 17.8 Å². The molecule has 0 aromatic heterocycles. The summed E-state index contributed by atoms with van der Waals surface area (Å²) in [6.45, 7) is 0. The molecule has 0 unspecified atom stereocenters. The Labute approximate surface area is 80.6 Å². The molecule has 0 amide bonds. The Morgan fingerprint density at radius 2 is 2.31 bits per heavy atom. The van der Waals surface area contributed by atoms with E-state index in [1.807, 2.05) is 0 Å². The van der Waals surface area contributed by atoms with Crippen molar-refractivity contribution in [3.8, 4) is 11.5 Å². The number of halogens is 1. The van der Waals surface area contributed by atoms with Gasteiger partial charge in [-0.15, -0.1) is 0 Å². The summed E-state index contributed by atoms with van der Waals surface area (Å²) in [5, 5.41) is 12.9. The number of ether oxygens (including phenoxy) is 1. The van der Waals surface area contributed by atoms with E-state index >= 15 is 0 Å². The van der Waals surface area contributed by atoms with Crippen LogP contribution < -0.4 is 10.6 Å². The van der Waals surface area contributed by atoms with Crippen LogP contribution in [0.25, 0.3) is 0 Å². The van der Waals surface area contributed by atoms with Crippen LogP contribution >= 0.6 is 11.6 Å². The van der Waals surface area contributed by atoms with Gasteiger partial charge in [-0.3, -0.25) is 0 Å². The lowest BCUT2D eigenvalue weighted by Gasteiger charge is -2.05. The predicted octanol–water partition coefficient (Wildman–Crippen LogP) is 1.35. The number of nitrogens with zero attached hydrogens (tertiary/aromatic N) is 1. The van der Waals surface area contributed by atoms with Gasteiger partial charge >= 0.3 is 0 Å². The minimum atomic E-state index is -0.0878. The lowest BCUT2D eigenvalue weighted by atomic mass is 10.2. The molecule has 0 atom stereocenters. The number of benzene rings is 1. The Kier molecular flexibility index (Phi) is 2.97. The molecule has 0 aliphatic heterocycles. The number of hydrogen-bond acceptors (Lipinski definition) is 4. The number of hydrazone groups is 1. The van der Waals surface area contributed by atoms with Gasteiger partial charge in [-0.2, -0.15) is 5.10 Å². The van der Waals surface area contributed by atoms with E-state index in [4.69, 9.17) is 22.2 Å². The summed E-state index contributed by atoms with van der Waals surface area (Å²) in [6.07, 6.45) is 1.31. The van der Waals surface area contributed by atoms with E-state index in [1.54, 1.807) is 12.1 Å². The first-order valence-corrected chi connectivity index (χ1v) is 3.87. The van der Waals surface area contributed by atoms with E-state index in [0.29, 0.717) is 11.3 Å². The van der Waals surface area contributed by atoms with Crippen molar-refractivity contribution in [3.05, 3.63) is 22.7 Å². The van der Waals surface area contributed by atoms with Gasteiger partial charge in [0.15, 0.2) is 0 Å². The third kappa shape index (κ3) is 1.84. The van der Waals surface area contributed by atoms with E-state index in [2.05, 4.69) is 5.10 Å². The van der Waals surface area contributed by atoms with Crippen LogP contribution in [0.3, 0.4) is 0 Å². The summed E-state index contributed by atoms with van der Waals surface area (Å²) in [6, 6.07) is 3.23. The molecule has 0 saturated heterocycles. The number of phenols is 1. The molecule has 1 rings (SSSR count). The van der Waals surface area contributed by atoms with Gasteiger partial charge in [-0.25, -0.2) is 0 Å². The molecule has 1 aromatic carbocycles. The van der Waals surface area contributed by atoms with Gasteiger partial charge in [-0.05, 0) is 12.1 Å². The molecule has 13 heavy (non-hydrogen) atoms. The fourth-order valence-electron chi connectivity index (χ4n) is 0.903. The van der Waals surface area contributed by atoms with Crippen molar-refractivity contribution in [1.82, 2.24) is 0 Å². The first kappa shape index (κ1) is 9.67. The van der Waals surface area contributed by atoms with Crippen LogP contribution in [-0.4, -0.2) is 18.4 Å². The highest BCUT2D eigenvalue weighted by Crippen LogP contribution is 2.34. The van der Waals surface area contributed by atoms with Crippen LogP contribution in [0, 0.1) is 0 Å². The second-order valence-corrected chi connectivity index (χ2v) is 2.68. The standard InChI is InChI=1S/C8H9ClN2O2/c1-13-6-3-2-5(4-11-10)8(12)7(6)9/h2-4,12H,10H2,1H3. The van der Waals surface area contributed by atoms with Crippen molar-refractivity contribution in [2.45, 2.75) is 0 Å². The fraction of sp³-hybridized carbons (Fsp3) is 0.125. The van der Waals surface area contributed by atoms with Crippen molar-refractivity contribution in [3.63, 3.8) is 0 Å². The normalized spacial score (nSPS) is 10.6. The molecule has 0 saturated carbocycles. The molecule has 4 nitrogen and oxygen atoms in total. The van der Waals surface area contributed by atoms with Gasteiger partial charge in [0, 0.05) is 5.56 Å². The summed E-state index contributed by atoms with van der Waals surface area (Å²) in [5.41, 5.74) is 0.452. The third-order valence-electron chi connectivity index (χ3n) is 1.55.